The van der Waals surface area contributed by atoms with Crippen LogP contribution in [0.3, 0.4) is 0 Å². The predicted molar refractivity (Wildman–Crippen MR) is 391 cm³/mol. The van der Waals surface area contributed by atoms with E-state index in [2.05, 4.69) is 135 Å². The molecule has 0 aliphatic heterocycles. The van der Waals surface area contributed by atoms with Crippen LogP contribution >= 0.6 is 0 Å². The first-order valence-electron chi connectivity index (χ1n) is 37.7. The Kier molecular flexibility index (Phi) is 68.1. The van der Waals surface area contributed by atoms with Crippen LogP contribution in [-0.4, -0.2) is 87.4 Å². The number of likely N-dealkylation sites (N-methyl/N-ethyl adjacent to an activating group) is 1. The number of carbonyl (C=O) groups excluding carboxylic acids is 2. The first kappa shape index (κ1) is 86.7. The molecule has 0 bridgehead atoms. The number of unbranched alkanes of at least 4 members (excludes halogenated alkanes) is 34. The highest BCUT2D eigenvalue weighted by atomic mass is 16.7. The topological polar surface area (TPSA) is 108 Å². The summed E-state index contributed by atoms with van der Waals surface area (Å²) < 4.78 is 23.0. The van der Waals surface area contributed by atoms with Gasteiger partial charge in [0, 0.05) is 12.8 Å². The highest BCUT2D eigenvalue weighted by Gasteiger charge is 2.25. The van der Waals surface area contributed by atoms with E-state index < -0.39 is 24.3 Å². The van der Waals surface area contributed by atoms with Crippen LogP contribution in [0.15, 0.2) is 122 Å². The van der Waals surface area contributed by atoms with Crippen molar-refractivity contribution in [3.05, 3.63) is 122 Å². The average Bonchev–Trinajstić information content (AvgIpc) is 3.65. The number of hydrogen-bond acceptors (Lipinski definition) is 7. The Balaban J connectivity index is 4.13. The summed E-state index contributed by atoms with van der Waals surface area (Å²) in [7, 11) is 5.96. The van der Waals surface area contributed by atoms with Gasteiger partial charge in [-0.25, -0.2) is 4.79 Å². The minimum absolute atomic E-state index is 0.176. The summed E-state index contributed by atoms with van der Waals surface area (Å²) >= 11 is 0. The molecule has 0 saturated heterocycles. The number of hydrogen-bond donors (Lipinski definition) is 1. The molecule has 91 heavy (non-hydrogen) atoms. The Labute approximate surface area is 561 Å². The average molecular weight is 1270 g/mol. The first-order chi connectivity index (χ1) is 44.6. The molecule has 9 nitrogen and oxygen atoms in total. The number of aliphatic carboxylic acids is 1. The van der Waals surface area contributed by atoms with Crippen LogP contribution in [-0.2, 0) is 33.3 Å². The summed E-state index contributed by atoms with van der Waals surface area (Å²) in [6.45, 7) is 4.75. The van der Waals surface area contributed by atoms with Gasteiger partial charge in [0.2, 0.25) is 0 Å². The maximum Gasteiger partial charge on any atom is 0.361 e. The van der Waals surface area contributed by atoms with Gasteiger partial charge in [-0.3, -0.25) is 9.59 Å². The van der Waals surface area contributed by atoms with Crippen LogP contribution in [0.25, 0.3) is 0 Å². The number of nitrogens with zero attached hydrogens (tertiary/aromatic N) is 1. The number of esters is 2. The van der Waals surface area contributed by atoms with Gasteiger partial charge >= 0.3 is 17.9 Å². The maximum atomic E-state index is 12.9. The van der Waals surface area contributed by atoms with Gasteiger partial charge in [0.15, 0.2) is 6.10 Å². The van der Waals surface area contributed by atoms with Crippen molar-refractivity contribution >= 4 is 17.9 Å². The Hall–Kier alpha value is -4.31. The van der Waals surface area contributed by atoms with Crippen LogP contribution < -0.4 is 0 Å². The van der Waals surface area contributed by atoms with E-state index in [4.69, 9.17) is 18.9 Å². The number of ether oxygens (including phenoxy) is 4. The predicted octanol–water partition coefficient (Wildman–Crippen LogP) is 23.9. The number of quaternary nitrogens is 1. The Morgan fingerprint density at radius 2 is 0.626 bits per heavy atom. The Morgan fingerprint density at radius 1 is 0.341 bits per heavy atom. The molecule has 0 aromatic rings. The van der Waals surface area contributed by atoms with Crippen molar-refractivity contribution in [1.29, 1.82) is 0 Å². The lowest BCUT2D eigenvalue weighted by Gasteiger charge is -2.25. The molecule has 1 N–H and O–H groups in total. The molecular weight excluding hydrogens is 1130 g/mol. The third-order valence-corrected chi connectivity index (χ3v) is 16.2. The summed E-state index contributed by atoms with van der Waals surface area (Å²) in [5.41, 5.74) is 0. The Bertz CT molecular complexity index is 1910. The lowest BCUT2D eigenvalue weighted by Crippen LogP contribution is -2.40. The smallest absolute Gasteiger partial charge is 0.361 e. The van der Waals surface area contributed by atoms with Crippen LogP contribution in [0.2, 0.25) is 0 Å². The summed E-state index contributed by atoms with van der Waals surface area (Å²) in [6.07, 6.45) is 99.1. The second kappa shape index (κ2) is 71.5. The third-order valence-electron chi connectivity index (χ3n) is 16.2. The van der Waals surface area contributed by atoms with Gasteiger partial charge < -0.3 is 28.5 Å². The third kappa shape index (κ3) is 73.0. The largest absolute Gasteiger partial charge is 0.477 e. The van der Waals surface area contributed by atoms with Crippen molar-refractivity contribution in [2.24, 2.45) is 0 Å². The van der Waals surface area contributed by atoms with E-state index in [1.165, 1.54) is 193 Å². The van der Waals surface area contributed by atoms with Crippen LogP contribution in [0.4, 0.5) is 0 Å². The quantitative estimate of drug-likeness (QED) is 0.0211. The van der Waals surface area contributed by atoms with E-state index in [0.717, 1.165) is 96.3 Å². The van der Waals surface area contributed by atoms with Crippen molar-refractivity contribution < 1.29 is 42.9 Å². The monoisotopic (exact) mass is 1270 g/mol. The van der Waals surface area contributed by atoms with Gasteiger partial charge in [-0.2, -0.15) is 0 Å². The zero-order valence-electron chi connectivity index (χ0n) is 59.7. The SMILES string of the molecule is CC/C=C\C/C=C\C/C=C\C/C=C\C/C=C\C/C=C\C/C=C\C/C=C\C/C=C\CCCCCC(=O)OC(COC(=O)CCCCCCCCCCCCCCCCCCCCCCCCC/C=C\CCCCCCCCCC)COC(OCC[N+](C)(C)C)C(=O)O. The normalized spacial score (nSPS) is 13.4. The maximum absolute atomic E-state index is 12.9. The van der Waals surface area contributed by atoms with E-state index >= 15 is 0 Å². The summed E-state index contributed by atoms with van der Waals surface area (Å²) in [4.78, 5) is 37.7. The molecule has 0 radical (unpaired) electrons. The van der Waals surface area contributed by atoms with Crippen LogP contribution in [0, 0.1) is 0 Å². The molecule has 0 amide bonds. The fourth-order valence-electron chi connectivity index (χ4n) is 10.5. The molecule has 0 aromatic heterocycles. The number of carboxylic acids is 1. The molecule has 0 saturated carbocycles. The van der Waals surface area contributed by atoms with Gasteiger partial charge in [0.05, 0.1) is 34.4 Å². The summed E-state index contributed by atoms with van der Waals surface area (Å²) in [5, 5.41) is 9.76. The van der Waals surface area contributed by atoms with Gasteiger partial charge in [0.1, 0.15) is 13.2 Å². The number of allylic oxidation sites excluding steroid dienone is 20. The fraction of sp³-hybridized carbons (Fsp3) is 0.720. The van der Waals surface area contributed by atoms with Crippen molar-refractivity contribution in [2.45, 2.75) is 334 Å². The standard InChI is InChI=1S/C82H141NO8/c1-6-8-10-12-14-16-18-20-22-24-26-28-30-32-34-36-38-39-40-41-43-44-46-48-50-52-54-56-58-60-62-64-66-68-70-72-79(84)89-76-78(77-90-82(81(86)87)88-75-74-83(3,4)5)91-80(85)73-71-69-67-65-63-61-59-57-55-53-51-49-47-45-42-37-35-33-31-29-27-25-23-21-19-17-15-13-11-9-7-2/h9,11,15,17,21,23-24,26-27,29,33,35,42,45,49,51,55,57,61,63,78,82H,6-8,10,12-14,16,18-20,22,25,28,30-32,34,36-41,43-44,46-48,50,52-54,56,58-60,62,64-77H2,1-5H3/p+1/b11-9-,17-15-,23-21-,26-24-,29-27-,35-33-,45-42-,51-49-,57-55-,63-61-. The van der Waals surface area contributed by atoms with Crippen molar-refractivity contribution in [2.75, 3.05) is 47.5 Å². The van der Waals surface area contributed by atoms with Crippen molar-refractivity contribution in [3.8, 4) is 0 Å². The zero-order valence-corrected chi connectivity index (χ0v) is 59.7. The highest BCUT2D eigenvalue weighted by molar-refractivity contribution is 5.71. The molecule has 0 aliphatic rings. The number of rotatable bonds is 69. The van der Waals surface area contributed by atoms with E-state index in [-0.39, 0.29) is 32.2 Å². The molecule has 0 aromatic carbocycles. The minimum atomic E-state index is -1.53. The van der Waals surface area contributed by atoms with E-state index in [0.29, 0.717) is 23.9 Å². The molecule has 0 rings (SSSR count). The van der Waals surface area contributed by atoms with Gasteiger partial charge in [0.25, 0.3) is 6.29 Å². The summed E-state index contributed by atoms with van der Waals surface area (Å²) in [6, 6.07) is 0. The molecule has 2 unspecified atom stereocenters. The van der Waals surface area contributed by atoms with Gasteiger partial charge in [-0.1, -0.05) is 322 Å². The lowest BCUT2D eigenvalue weighted by molar-refractivity contribution is -0.870. The minimum Gasteiger partial charge on any atom is -0.477 e. The molecule has 0 fully saturated rings. The molecule has 9 heteroatoms. The van der Waals surface area contributed by atoms with Gasteiger partial charge in [-0.05, 0) is 109 Å². The number of carboxylic acid groups (broad SMARTS) is 1. The molecular formula is C82H142NO8+. The second-order valence-corrected chi connectivity index (χ2v) is 26.2. The van der Waals surface area contributed by atoms with E-state index in [1.54, 1.807) is 0 Å². The van der Waals surface area contributed by atoms with Crippen molar-refractivity contribution in [1.82, 2.24) is 0 Å². The summed E-state index contributed by atoms with van der Waals surface area (Å²) in [5.74, 6) is -2.05. The van der Waals surface area contributed by atoms with Crippen LogP contribution in [0.5, 0.6) is 0 Å². The number of carbonyl (C=O) groups is 3. The van der Waals surface area contributed by atoms with Crippen LogP contribution in [0.1, 0.15) is 322 Å². The molecule has 2 atom stereocenters. The molecule has 0 spiro atoms. The Morgan fingerprint density at radius 3 is 0.956 bits per heavy atom. The molecule has 0 aliphatic carbocycles. The zero-order chi connectivity index (χ0) is 66.1. The fourth-order valence-corrected chi connectivity index (χ4v) is 10.5. The van der Waals surface area contributed by atoms with Gasteiger partial charge in [-0.15, -0.1) is 0 Å². The van der Waals surface area contributed by atoms with E-state index in [1.807, 2.05) is 21.1 Å². The second-order valence-electron chi connectivity index (χ2n) is 26.2. The van der Waals surface area contributed by atoms with E-state index in [9.17, 15) is 19.5 Å². The van der Waals surface area contributed by atoms with Crippen molar-refractivity contribution in [3.63, 3.8) is 0 Å². The highest BCUT2D eigenvalue weighted by Crippen LogP contribution is 2.18. The molecule has 0 heterocycles. The first-order valence-corrected chi connectivity index (χ1v) is 37.7. The molecule has 522 valence electrons. The lowest BCUT2D eigenvalue weighted by atomic mass is 10.0.